The van der Waals surface area contributed by atoms with Crippen molar-refractivity contribution in [2.75, 3.05) is 6.54 Å². The molecule has 5 nitrogen and oxygen atoms in total. The van der Waals surface area contributed by atoms with E-state index < -0.39 is 5.60 Å². The maximum absolute atomic E-state index is 14.2. The number of hydrogen-bond acceptors (Lipinski definition) is 3. The number of carbonyl (C=O) groups excluding carboxylic acids is 1. The number of ether oxygens (including phenoxy) is 1. The van der Waals surface area contributed by atoms with Crippen molar-refractivity contribution in [3.8, 4) is 5.69 Å². The van der Waals surface area contributed by atoms with Gasteiger partial charge in [-0.2, -0.15) is 5.10 Å². The van der Waals surface area contributed by atoms with Crippen molar-refractivity contribution < 1.29 is 13.9 Å². The van der Waals surface area contributed by atoms with Crippen molar-refractivity contribution >= 4 is 6.09 Å². The summed E-state index contributed by atoms with van der Waals surface area (Å²) >= 11 is 0. The summed E-state index contributed by atoms with van der Waals surface area (Å²) in [5.41, 5.74) is 4.20. The van der Waals surface area contributed by atoms with E-state index in [0.717, 1.165) is 41.0 Å². The second kappa shape index (κ2) is 6.61. The van der Waals surface area contributed by atoms with Gasteiger partial charge in [-0.05, 0) is 77.1 Å². The van der Waals surface area contributed by atoms with Gasteiger partial charge in [0.25, 0.3) is 0 Å². The van der Waals surface area contributed by atoms with Crippen molar-refractivity contribution in [2.24, 2.45) is 0 Å². The molecule has 1 atom stereocenters. The number of nitrogens with zero attached hydrogens (tertiary/aromatic N) is 3. The lowest BCUT2D eigenvalue weighted by Gasteiger charge is -2.34. The van der Waals surface area contributed by atoms with Gasteiger partial charge in [0, 0.05) is 24.2 Å². The number of halogens is 1. The number of benzene rings is 1. The van der Waals surface area contributed by atoms with Crippen LogP contribution in [0.5, 0.6) is 0 Å². The van der Waals surface area contributed by atoms with Gasteiger partial charge in [0.15, 0.2) is 0 Å². The quantitative estimate of drug-likeness (QED) is 0.727. The van der Waals surface area contributed by atoms with E-state index in [2.05, 4.69) is 0 Å². The normalized spacial score (nSPS) is 19.5. The van der Waals surface area contributed by atoms with Crippen LogP contribution >= 0.6 is 0 Å². The lowest BCUT2D eigenvalue weighted by molar-refractivity contribution is 0.0159. The molecular formula is C22H28FN3O2. The van der Waals surface area contributed by atoms with E-state index in [-0.39, 0.29) is 18.0 Å². The van der Waals surface area contributed by atoms with Crippen LogP contribution in [0.3, 0.4) is 0 Å². The van der Waals surface area contributed by atoms with Gasteiger partial charge in [-0.3, -0.25) is 0 Å². The third-order valence-electron chi connectivity index (χ3n) is 5.58. The Bertz CT molecular complexity index is 925. The molecule has 1 saturated carbocycles. The van der Waals surface area contributed by atoms with Gasteiger partial charge in [0.1, 0.15) is 11.4 Å². The van der Waals surface area contributed by atoms with Crippen LogP contribution in [0.15, 0.2) is 18.2 Å². The summed E-state index contributed by atoms with van der Waals surface area (Å²) in [7, 11) is 0. The van der Waals surface area contributed by atoms with E-state index in [9.17, 15) is 9.18 Å². The Kier molecular flexibility index (Phi) is 4.47. The van der Waals surface area contributed by atoms with Crippen LogP contribution in [-0.4, -0.2) is 32.9 Å². The zero-order valence-electron chi connectivity index (χ0n) is 17.3. The minimum atomic E-state index is -0.524. The van der Waals surface area contributed by atoms with E-state index in [1.54, 1.807) is 17.0 Å². The Balaban J connectivity index is 1.66. The number of amides is 1. The van der Waals surface area contributed by atoms with E-state index >= 15 is 0 Å². The molecule has 0 bridgehead atoms. The molecule has 1 aromatic carbocycles. The Labute approximate surface area is 165 Å². The molecule has 2 aromatic rings. The van der Waals surface area contributed by atoms with Gasteiger partial charge in [0.2, 0.25) is 0 Å². The monoisotopic (exact) mass is 385 g/mol. The Morgan fingerprint density at radius 2 is 2.00 bits per heavy atom. The lowest BCUT2D eigenvalue weighted by atomic mass is 9.98. The molecule has 1 fully saturated rings. The highest BCUT2D eigenvalue weighted by Crippen LogP contribution is 2.42. The molecule has 0 N–H and O–H groups in total. The summed E-state index contributed by atoms with van der Waals surface area (Å²) < 4.78 is 21.6. The number of rotatable bonds is 2. The van der Waals surface area contributed by atoms with Crippen molar-refractivity contribution in [3.05, 3.63) is 46.5 Å². The molecule has 4 rings (SSSR count). The third-order valence-corrected chi connectivity index (χ3v) is 5.58. The number of fused-ring (bicyclic) bond motifs is 1. The average molecular weight is 385 g/mol. The molecule has 6 heteroatoms. The van der Waals surface area contributed by atoms with Gasteiger partial charge >= 0.3 is 6.09 Å². The fourth-order valence-corrected chi connectivity index (χ4v) is 4.07. The van der Waals surface area contributed by atoms with Crippen LogP contribution in [0.25, 0.3) is 5.69 Å². The van der Waals surface area contributed by atoms with Gasteiger partial charge in [-0.1, -0.05) is 0 Å². The second-order valence-corrected chi connectivity index (χ2v) is 8.94. The summed E-state index contributed by atoms with van der Waals surface area (Å²) in [4.78, 5) is 14.4. The van der Waals surface area contributed by atoms with Gasteiger partial charge < -0.3 is 9.64 Å². The van der Waals surface area contributed by atoms with Gasteiger partial charge in [-0.15, -0.1) is 0 Å². The molecule has 1 aromatic heterocycles. The molecule has 150 valence electrons. The average Bonchev–Trinajstić information content (AvgIpc) is 3.38. The standard InChI is InChI=1S/C22H28FN3O2/c1-13-20-14(2)26(16-8-9-18(23)17(12-16)15-6-7-15)24-19(20)10-11-25(13)21(27)28-22(3,4)5/h8-9,12-13,15H,6-7,10-11H2,1-5H3/t13-/m0/s1. The Morgan fingerprint density at radius 1 is 1.29 bits per heavy atom. The predicted octanol–water partition coefficient (Wildman–Crippen LogP) is 5.05. The zero-order valence-corrected chi connectivity index (χ0v) is 17.3. The summed E-state index contributed by atoms with van der Waals surface area (Å²) in [5.74, 6) is 0.206. The Morgan fingerprint density at radius 3 is 2.64 bits per heavy atom. The molecule has 1 aliphatic heterocycles. The zero-order chi connectivity index (χ0) is 20.2. The molecule has 0 unspecified atom stereocenters. The largest absolute Gasteiger partial charge is 0.444 e. The summed E-state index contributed by atoms with van der Waals surface area (Å²) in [5, 5.41) is 4.81. The van der Waals surface area contributed by atoms with Crippen LogP contribution in [0.4, 0.5) is 9.18 Å². The lowest BCUT2D eigenvalue weighted by Crippen LogP contribution is -2.42. The van der Waals surface area contributed by atoms with E-state index in [4.69, 9.17) is 9.84 Å². The van der Waals surface area contributed by atoms with E-state index in [0.29, 0.717) is 18.9 Å². The smallest absolute Gasteiger partial charge is 0.410 e. The molecular weight excluding hydrogens is 357 g/mol. The highest BCUT2D eigenvalue weighted by Gasteiger charge is 2.35. The summed E-state index contributed by atoms with van der Waals surface area (Å²) in [6.07, 6.45) is 2.49. The number of aromatic nitrogens is 2. The van der Waals surface area contributed by atoms with Crippen LogP contribution < -0.4 is 0 Å². The Hall–Kier alpha value is -2.37. The van der Waals surface area contributed by atoms with Crippen molar-refractivity contribution in [3.63, 3.8) is 0 Å². The third kappa shape index (κ3) is 3.40. The maximum atomic E-state index is 14.2. The minimum absolute atomic E-state index is 0.115. The fourth-order valence-electron chi connectivity index (χ4n) is 4.07. The van der Waals surface area contributed by atoms with Gasteiger partial charge in [0.05, 0.1) is 17.4 Å². The first-order chi connectivity index (χ1) is 13.2. The van der Waals surface area contributed by atoms with Crippen LogP contribution in [0.2, 0.25) is 0 Å². The minimum Gasteiger partial charge on any atom is -0.444 e. The van der Waals surface area contributed by atoms with Gasteiger partial charge in [-0.25, -0.2) is 13.9 Å². The van der Waals surface area contributed by atoms with Crippen molar-refractivity contribution in [1.29, 1.82) is 0 Å². The van der Waals surface area contributed by atoms with Crippen LogP contribution in [0, 0.1) is 12.7 Å². The number of hydrogen-bond donors (Lipinski definition) is 0. The summed E-state index contributed by atoms with van der Waals surface area (Å²) in [6, 6.07) is 5.13. The number of carbonyl (C=O) groups is 1. The SMILES string of the molecule is Cc1c2c(nn1-c1ccc(F)c(C3CC3)c1)CCN(C(=O)OC(C)(C)C)[C@H]2C. The fraction of sp³-hybridized carbons (Fsp3) is 0.545. The van der Waals surface area contributed by atoms with Crippen LogP contribution in [-0.2, 0) is 11.2 Å². The second-order valence-electron chi connectivity index (χ2n) is 8.94. The predicted molar refractivity (Wildman–Crippen MR) is 105 cm³/mol. The van der Waals surface area contributed by atoms with Crippen molar-refractivity contribution in [1.82, 2.24) is 14.7 Å². The summed E-state index contributed by atoms with van der Waals surface area (Å²) in [6.45, 7) is 10.2. The molecule has 0 spiro atoms. The highest BCUT2D eigenvalue weighted by atomic mass is 19.1. The molecule has 28 heavy (non-hydrogen) atoms. The first-order valence-electron chi connectivity index (χ1n) is 10.0. The molecule has 2 heterocycles. The first kappa shape index (κ1) is 19.0. The molecule has 1 amide bonds. The maximum Gasteiger partial charge on any atom is 0.410 e. The highest BCUT2D eigenvalue weighted by molar-refractivity contribution is 5.69. The molecule has 2 aliphatic rings. The molecule has 1 aliphatic carbocycles. The van der Waals surface area contributed by atoms with E-state index in [1.165, 1.54) is 0 Å². The first-order valence-corrected chi connectivity index (χ1v) is 10.0. The molecule has 0 saturated heterocycles. The topological polar surface area (TPSA) is 47.4 Å². The van der Waals surface area contributed by atoms with E-state index in [1.807, 2.05) is 45.4 Å². The van der Waals surface area contributed by atoms with Crippen molar-refractivity contribution in [2.45, 2.75) is 71.4 Å². The molecule has 0 radical (unpaired) electrons. The van der Waals surface area contributed by atoms with Crippen LogP contribution in [0.1, 0.15) is 75.0 Å².